The average molecular weight is 289 g/mol. The summed E-state index contributed by atoms with van der Waals surface area (Å²) in [6.07, 6.45) is 6.90. The third-order valence-electron chi connectivity index (χ3n) is 4.46. The van der Waals surface area contributed by atoms with Crippen molar-refractivity contribution in [2.45, 2.75) is 45.6 Å². The summed E-state index contributed by atoms with van der Waals surface area (Å²) in [6, 6.07) is 7.80. The van der Waals surface area contributed by atoms with Gasteiger partial charge in [0.05, 0.1) is 0 Å². The van der Waals surface area contributed by atoms with Crippen LogP contribution < -0.4 is 11.1 Å². The Morgan fingerprint density at radius 3 is 2.76 bits per heavy atom. The van der Waals surface area contributed by atoms with Crippen LogP contribution in [0.25, 0.3) is 0 Å². The maximum atomic E-state index is 8.62. The molecule has 4 N–H and O–H groups in total. The largest absolute Gasteiger partial charge is 0.409 e. The fraction of sp³-hybridized carbons (Fsp3) is 0.588. The first-order valence-electron chi connectivity index (χ1n) is 7.96. The quantitative estimate of drug-likeness (QED) is 0.248. The molecule has 2 atom stereocenters. The molecule has 4 heteroatoms. The summed E-state index contributed by atoms with van der Waals surface area (Å²) in [6.45, 7) is 4.33. The number of oxime groups is 1. The minimum atomic E-state index is 0.154. The molecule has 0 bridgehead atoms. The Labute approximate surface area is 127 Å². The number of hydrogen-bond donors (Lipinski definition) is 3. The van der Waals surface area contributed by atoms with Crippen LogP contribution in [0.2, 0.25) is 0 Å². The van der Waals surface area contributed by atoms with Gasteiger partial charge in [0.15, 0.2) is 5.84 Å². The normalized spacial score (nSPS) is 23.2. The van der Waals surface area contributed by atoms with E-state index >= 15 is 0 Å². The highest BCUT2D eigenvalue weighted by molar-refractivity contribution is 5.96. The second-order valence-corrected chi connectivity index (χ2v) is 6.29. The van der Waals surface area contributed by atoms with E-state index in [0.717, 1.165) is 30.5 Å². The van der Waals surface area contributed by atoms with E-state index in [1.165, 1.54) is 37.7 Å². The Balaban J connectivity index is 1.69. The van der Waals surface area contributed by atoms with E-state index in [1.807, 2.05) is 24.3 Å². The highest BCUT2D eigenvalue weighted by Crippen LogP contribution is 2.30. The molecule has 0 saturated heterocycles. The summed E-state index contributed by atoms with van der Waals surface area (Å²) >= 11 is 0. The third-order valence-corrected chi connectivity index (χ3v) is 4.46. The summed E-state index contributed by atoms with van der Waals surface area (Å²) in [5, 5.41) is 15.1. The van der Waals surface area contributed by atoms with Gasteiger partial charge in [-0.25, -0.2) is 0 Å². The maximum Gasteiger partial charge on any atom is 0.170 e. The Hall–Kier alpha value is -1.55. The zero-order valence-corrected chi connectivity index (χ0v) is 12.9. The van der Waals surface area contributed by atoms with Crippen LogP contribution in [0, 0.1) is 11.8 Å². The smallest absolute Gasteiger partial charge is 0.170 e. The first-order chi connectivity index (χ1) is 10.2. The van der Waals surface area contributed by atoms with Crippen molar-refractivity contribution < 1.29 is 5.21 Å². The van der Waals surface area contributed by atoms with E-state index in [0.29, 0.717) is 0 Å². The van der Waals surface area contributed by atoms with Gasteiger partial charge in [0.2, 0.25) is 0 Å². The SMILES string of the molecule is CC1CCCC(CCNCc2ccc(C(N)=NO)cc2)C1. The van der Waals surface area contributed by atoms with E-state index in [-0.39, 0.29) is 5.84 Å². The Morgan fingerprint density at radius 1 is 1.33 bits per heavy atom. The van der Waals surface area contributed by atoms with Gasteiger partial charge in [0, 0.05) is 12.1 Å². The summed E-state index contributed by atoms with van der Waals surface area (Å²) < 4.78 is 0. The molecule has 116 valence electrons. The summed E-state index contributed by atoms with van der Waals surface area (Å²) in [7, 11) is 0. The molecule has 0 spiro atoms. The average Bonchev–Trinajstić information content (AvgIpc) is 2.51. The number of hydrogen-bond acceptors (Lipinski definition) is 3. The molecule has 2 unspecified atom stereocenters. The summed E-state index contributed by atoms with van der Waals surface area (Å²) in [5.41, 5.74) is 7.52. The van der Waals surface area contributed by atoms with Crippen LogP contribution in [-0.4, -0.2) is 17.6 Å². The van der Waals surface area contributed by atoms with Crippen molar-refractivity contribution in [1.82, 2.24) is 5.32 Å². The van der Waals surface area contributed by atoms with E-state index in [9.17, 15) is 0 Å². The summed E-state index contributed by atoms with van der Waals surface area (Å²) in [5.74, 6) is 1.97. The van der Waals surface area contributed by atoms with Crippen LogP contribution in [0.1, 0.15) is 50.2 Å². The molecule has 0 aliphatic heterocycles. The number of amidine groups is 1. The van der Waals surface area contributed by atoms with Crippen molar-refractivity contribution in [3.8, 4) is 0 Å². The van der Waals surface area contributed by atoms with Crippen LogP contribution in [0.15, 0.2) is 29.4 Å². The van der Waals surface area contributed by atoms with E-state index in [4.69, 9.17) is 10.9 Å². The highest BCUT2D eigenvalue weighted by atomic mass is 16.4. The molecule has 2 rings (SSSR count). The predicted molar refractivity (Wildman–Crippen MR) is 86.4 cm³/mol. The number of nitrogens with zero attached hydrogens (tertiary/aromatic N) is 1. The third kappa shape index (κ3) is 5.05. The van der Waals surface area contributed by atoms with Gasteiger partial charge < -0.3 is 16.3 Å². The lowest BCUT2D eigenvalue weighted by atomic mass is 9.81. The second-order valence-electron chi connectivity index (χ2n) is 6.29. The van der Waals surface area contributed by atoms with E-state index in [2.05, 4.69) is 17.4 Å². The number of rotatable bonds is 6. The standard InChI is InChI=1S/C17H27N3O/c1-13-3-2-4-14(11-13)9-10-19-12-15-5-7-16(8-6-15)17(18)20-21/h5-8,13-14,19,21H,2-4,9-12H2,1H3,(H2,18,20). The van der Waals surface area contributed by atoms with Gasteiger partial charge >= 0.3 is 0 Å². The van der Waals surface area contributed by atoms with Crippen LogP contribution in [-0.2, 0) is 6.54 Å². The van der Waals surface area contributed by atoms with Gasteiger partial charge in [0.25, 0.3) is 0 Å². The fourth-order valence-electron chi connectivity index (χ4n) is 3.21. The van der Waals surface area contributed by atoms with Crippen molar-refractivity contribution >= 4 is 5.84 Å². The van der Waals surface area contributed by atoms with Gasteiger partial charge in [-0.15, -0.1) is 0 Å². The topological polar surface area (TPSA) is 70.6 Å². The first kappa shape index (κ1) is 15.8. The molecule has 1 aromatic rings. The molecule has 0 heterocycles. The molecule has 0 amide bonds. The minimum Gasteiger partial charge on any atom is -0.409 e. The Bertz CT molecular complexity index is 456. The lowest BCUT2D eigenvalue weighted by Gasteiger charge is -2.26. The Morgan fingerprint density at radius 2 is 2.10 bits per heavy atom. The molecular formula is C17H27N3O. The van der Waals surface area contributed by atoms with Gasteiger partial charge in [0.1, 0.15) is 0 Å². The van der Waals surface area contributed by atoms with E-state index in [1.54, 1.807) is 0 Å². The van der Waals surface area contributed by atoms with Crippen molar-refractivity contribution in [1.29, 1.82) is 0 Å². The highest BCUT2D eigenvalue weighted by Gasteiger charge is 2.17. The van der Waals surface area contributed by atoms with Crippen molar-refractivity contribution in [3.63, 3.8) is 0 Å². The summed E-state index contributed by atoms with van der Waals surface area (Å²) in [4.78, 5) is 0. The zero-order valence-electron chi connectivity index (χ0n) is 12.9. The van der Waals surface area contributed by atoms with Crippen LogP contribution in [0.3, 0.4) is 0 Å². The van der Waals surface area contributed by atoms with Crippen molar-refractivity contribution in [3.05, 3.63) is 35.4 Å². The van der Waals surface area contributed by atoms with Crippen molar-refractivity contribution in [2.24, 2.45) is 22.7 Å². The number of benzene rings is 1. The number of nitrogens with two attached hydrogens (primary N) is 1. The van der Waals surface area contributed by atoms with Gasteiger partial charge in [-0.3, -0.25) is 0 Å². The molecule has 0 aromatic heterocycles. The van der Waals surface area contributed by atoms with Gasteiger partial charge in [-0.05, 0) is 36.8 Å². The molecule has 1 aliphatic carbocycles. The maximum absolute atomic E-state index is 8.62. The van der Waals surface area contributed by atoms with Gasteiger partial charge in [-0.2, -0.15) is 0 Å². The van der Waals surface area contributed by atoms with E-state index < -0.39 is 0 Å². The molecule has 1 aromatic carbocycles. The lowest BCUT2D eigenvalue weighted by Crippen LogP contribution is -2.21. The molecule has 0 radical (unpaired) electrons. The molecule has 1 fully saturated rings. The van der Waals surface area contributed by atoms with Crippen molar-refractivity contribution in [2.75, 3.05) is 6.54 Å². The monoisotopic (exact) mass is 289 g/mol. The predicted octanol–water partition coefficient (Wildman–Crippen LogP) is 3.09. The van der Waals surface area contributed by atoms with Gasteiger partial charge in [-0.1, -0.05) is 55.6 Å². The second kappa shape index (κ2) is 8.03. The number of nitrogens with one attached hydrogen (secondary N) is 1. The zero-order chi connectivity index (χ0) is 15.1. The fourth-order valence-corrected chi connectivity index (χ4v) is 3.21. The molecule has 1 aliphatic rings. The minimum absolute atomic E-state index is 0.154. The Kier molecular flexibility index (Phi) is 6.05. The first-order valence-corrected chi connectivity index (χ1v) is 7.96. The molecular weight excluding hydrogens is 262 g/mol. The molecule has 21 heavy (non-hydrogen) atoms. The van der Waals surface area contributed by atoms with Crippen LogP contribution in [0.4, 0.5) is 0 Å². The van der Waals surface area contributed by atoms with Crippen LogP contribution >= 0.6 is 0 Å². The lowest BCUT2D eigenvalue weighted by molar-refractivity contribution is 0.267. The molecule has 4 nitrogen and oxygen atoms in total. The molecule has 1 saturated carbocycles. The van der Waals surface area contributed by atoms with Crippen LogP contribution in [0.5, 0.6) is 0 Å².